The number of carbonyl (C=O) groups is 2. The third kappa shape index (κ3) is 4.03. The van der Waals surface area contributed by atoms with E-state index in [-0.39, 0.29) is 24.2 Å². The van der Waals surface area contributed by atoms with Crippen molar-refractivity contribution in [2.24, 2.45) is 5.41 Å². The van der Waals surface area contributed by atoms with E-state index in [1.54, 1.807) is 18.3 Å². The van der Waals surface area contributed by atoms with Crippen molar-refractivity contribution in [3.8, 4) is 0 Å². The molecule has 1 saturated carbocycles. The van der Waals surface area contributed by atoms with Crippen LogP contribution < -0.4 is 5.32 Å². The van der Waals surface area contributed by atoms with Crippen molar-refractivity contribution in [1.29, 1.82) is 0 Å². The van der Waals surface area contributed by atoms with Gasteiger partial charge >= 0.3 is 5.97 Å². The number of pyridine rings is 1. The topological polar surface area (TPSA) is 79.3 Å². The van der Waals surface area contributed by atoms with Crippen LogP contribution in [0.5, 0.6) is 0 Å². The Hall–Kier alpha value is -1.43. The summed E-state index contributed by atoms with van der Waals surface area (Å²) in [6, 6.07) is 3.51. The zero-order valence-electron chi connectivity index (χ0n) is 11.1. The van der Waals surface area contributed by atoms with Crippen molar-refractivity contribution in [1.82, 2.24) is 4.98 Å². The first-order valence-corrected chi connectivity index (χ1v) is 7.42. The minimum absolute atomic E-state index is 0.0685. The number of halogens is 1. The molecule has 0 aromatic carbocycles. The molecule has 20 heavy (non-hydrogen) atoms. The van der Waals surface area contributed by atoms with Crippen LogP contribution in [0, 0.1) is 5.41 Å². The minimum atomic E-state index is -0.829. The number of aromatic nitrogens is 1. The molecule has 2 rings (SSSR count). The molecule has 1 aliphatic carbocycles. The number of nitrogens with one attached hydrogen (secondary N) is 1. The molecule has 2 N–H and O–H groups in total. The lowest BCUT2D eigenvalue weighted by Gasteiger charge is -2.26. The quantitative estimate of drug-likeness (QED) is 0.806. The second kappa shape index (κ2) is 6.35. The Morgan fingerprint density at radius 1 is 1.30 bits per heavy atom. The van der Waals surface area contributed by atoms with Crippen LogP contribution >= 0.6 is 15.9 Å². The van der Waals surface area contributed by atoms with Gasteiger partial charge in [0.15, 0.2) is 0 Å². The molecule has 1 amide bonds. The second-order valence-electron chi connectivity index (χ2n) is 5.37. The van der Waals surface area contributed by atoms with Gasteiger partial charge in [0.1, 0.15) is 4.60 Å². The average Bonchev–Trinajstić information content (AvgIpc) is 2.79. The van der Waals surface area contributed by atoms with Crippen LogP contribution in [-0.4, -0.2) is 22.0 Å². The van der Waals surface area contributed by atoms with Crippen molar-refractivity contribution in [3.05, 3.63) is 22.9 Å². The molecule has 1 heterocycles. The van der Waals surface area contributed by atoms with E-state index in [1.807, 2.05) is 0 Å². The Labute approximate surface area is 125 Å². The maximum atomic E-state index is 12.1. The summed E-state index contributed by atoms with van der Waals surface area (Å²) in [5.74, 6) is -0.970. The Balaban J connectivity index is 1.98. The lowest BCUT2D eigenvalue weighted by Crippen LogP contribution is -2.27. The van der Waals surface area contributed by atoms with Crippen LogP contribution in [-0.2, 0) is 9.59 Å². The maximum Gasteiger partial charge on any atom is 0.303 e. The third-order valence-electron chi connectivity index (χ3n) is 3.74. The second-order valence-corrected chi connectivity index (χ2v) is 6.18. The van der Waals surface area contributed by atoms with E-state index in [0.29, 0.717) is 10.3 Å². The van der Waals surface area contributed by atoms with Crippen molar-refractivity contribution in [2.45, 2.75) is 38.5 Å². The number of amides is 1. The monoisotopic (exact) mass is 340 g/mol. The number of nitrogens with zero attached hydrogens (tertiary/aromatic N) is 1. The smallest absolute Gasteiger partial charge is 0.303 e. The minimum Gasteiger partial charge on any atom is -0.481 e. The van der Waals surface area contributed by atoms with Gasteiger partial charge in [-0.1, -0.05) is 12.8 Å². The van der Waals surface area contributed by atoms with Gasteiger partial charge < -0.3 is 10.4 Å². The predicted octanol–water partition coefficient (Wildman–Crippen LogP) is 3.21. The van der Waals surface area contributed by atoms with Gasteiger partial charge in [-0.05, 0) is 46.3 Å². The van der Waals surface area contributed by atoms with Crippen LogP contribution in [0.1, 0.15) is 38.5 Å². The van der Waals surface area contributed by atoms with Gasteiger partial charge in [0.25, 0.3) is 0 Å². The summed E-state index contributed by atoms with van der Waals surface area (Å²) in [6.45, 7) is 0. The highest BCUT2D eigenvalue weighted by molar-refractivity contribution is 9.10. The molecule has 1 fully saturated rings. The number of carboxylic acids is 1. The summed E-state index contributed by atoms with van der Waals surface area (Å²) < 4.78 is 0.702. The maximum absolute atomic E-state index is 12.1. The molecule has 0 atom stereocenters. The van der Waals surface area contributed by atoms with Crippen molar-refractivity contribution in [3.63, 3.8) is 0 Å². The van der Waals surface area contributed by atoms with Crippen LogP contribution in [0.2, 0.25) is 0 Å². The highest BCUT2D eigenvalue weighted by atomic mass is 79.9. The Morgan fingerprint density at radius 2 is 2.00 bits per heavy atom. The fourth-order valence-corrected chi connectivity index (χ4v) is 3.09. The molecule has 1 aliphatic rings. The van der Waals surface area contributed by atoms with Gasteiger partial charge in [-0.2, -0.15) is 0 Å². The molecule has 0 bridgehead atoms. The average molecular weight is 341 g/mol. The molecular weight excluding hydrogens is 324 g/mol. The molecule has 1 aromatic rings. The van der Waals surface area contributed by atoms with E-state index in [9.17, 15) is 9.59 Å². The van der Waals surface area contributed by atoms with Crippen LogP contribution in [0.25, 0.3) is 0 Å². The van der Waals surface area contributed by atoms with Gasteiger partial charge in [0.05, 0.1) is 18.3 Å². The molecule has 5 nitrogen and oxygen atoms in total. The number of carbonyl (C=O) groups excluding carboxylic acids is 1. The highest BCUT2D eigenvalue weighted by Crippen LogP contribution is 2.44. The summed E-state index contributed by atoms with van der Waals surface area (Å²) in [5, 5.41) is 11.8. The van der Waals surface area contributed by atoms with Gasteiger partial charge in [-0.15, -0.1) is 0 Å². The first kappa shape index (κ1) is 15.0. The van der Waals surface area contributed by atoms with E-state index in [1.165, 1.54) is 0 Å². The zero-order valence-corrected chi connectivity index (χ0v) is 12.6. The van der Waals surface area contributed by atoms with E-state index < -0.39 is 5.97 Å². The standard InChI is InChI=1S/C14H17BrN2O3/c15-11-4-3-10(9-16-11)17-12(18)7-14(8-13(19)20)5-1-2-6-14/h3-4,9H,1-2,5-8H2,(H,17,18)(H,19,20). The summed E-state index contributed by atoms with van der Waals surface area (Å²) in [6.07, 6.45) is 5.52. The SMILES string of the molecule is O=C(O)CC1(CC(=O)Nc2ccc(Br)nc2)CCCC1. The fourth-order valence-electron chi connectivity index (χ4n) is 2.86. The van der Waals surface area contributed by atoms with Gasteiger partial charge in [-0.3, -0.25) is 9.59 Å². The Kier molecular flexibility index (Phi) is 4.75. The van der Waals surface area contributed by atoms with E-state index >= 15 is 0 Å². The van der Waals surface area contributed by atoms with Crippen LogP contribution in [0.3, 0.4) is 0 Å². The molecule has 0 spiro atoms. The number of hydrogen-bond acceptors (Lipinski definition) is 3. The van der Waals surface area contributed by atoms with E-state index in [0.717, 1.165) is 25.7 Å². The first-order valence-electron chi connectivity index (χ1n) is 6.62. The number of carboxylic acid groups (broad SMARTS) is 1. The molecule has 0 saturated heterocycles. The largest absolute Gasteiger partial charge is 0.481 e. The lowest BCUT2D eigenvalue weighted by molar-refractivity contribution is -0.140. The van der Waals surface area contributed by atoms with Gasteiger partial charge in [0, 0.05) is 6.42 Å². The molecule has 0 unspecified atom stereocenters. The van der Waals surface area contributed by atoms with Crippen LogP contribution in [0.15, 0.2) is 22.9 Å². The van der Waals surface area contributed by atoms with Gasteiger partial charge in [0.2, 0.25) is 5.91 Å². The normalized spacial score (nSPS) is 16.9. The summed E-state index contributed by atoms with van der Waals surface area (Å²) in [5.41, 5.74) is 0.250. The summed E-state index contributed by atoms with van der Waals surface area (Å²) in [4.78, 5) is 27.1. The Bertz CT molecular complexity index is 496. The summed E-state index contributed by atoms with van der Waals surface area (Å²) in [7, 11) is 0. The zero-order chi connectivity index (χ0) is 14.6. The molecule has 1 aromatic heterocycles. The number of aliphatic carboxylic acids is 1. The molecule has 0 aliphatic heterocycles. The molecular formula is C14H17BrN2O3. The Morgan fingerprint density at radius 3 is 2.55 bits per heavy atom. The highest BCUT2D eigenvalue weighted by Gasteiger charge is 2.37. The summed E-state index contributed by atoms with van der Waals surface area (Å²) >= 11 is 3.23. The van der Waals surface area contributed by atoms with E-state index in [2.05, 4.69) is 26.2 Å². The number of hydrogen-bond donors (Lipinski definition) is 2. The van der Waals surface area contributed by atoms with Crippen molar-refractivity contribution >= 4 is 33.5 Å². The van der Waals surface area contributed by atoms with E-state index in [4.69, 9.17) is 5.11 Å². The third-order valence-corrected chi connectivity index (χ3v) is 4.21. The van der Waals surface area contributed by atoms with Crippen LogP contribution in [0.4, 0.5) is 5.69 Å². The number of anilines is 1. The lowest BCUT2D eigenvalue weighted by atomic mass is 9.79. The molecule has 6 heteroatoms. The van der Waals surface area contributed by atoms with Crippen molar-refractivity contribution in [2.75, 3.05) is 5.32 Å². The molecule has 108 valence electrons. The van der Waals surface area contributed by atoms with Crippen molar-refractivity contribution < 1.29 is 14.7 Å². The fraction of sp³-hybridized carbons (Fsp3) is 0.500. The van der Waals surface area contributed by atoms with Gasteiger partial charge in [-0.25, -0.2) is 4.98 Å². The number of rotatable bonds is 5. The predicted molar refractivity (Wildman–Crippen MR) is 78.3 cm³/mol. The first-order chi connectivity index (χ1) is 9.49. The molecule has 0 radical (unpaired) electrons.